The molecule has 114 valence electrons. The minimum Gasteiger partial charge on any atom is -0.339 e. The number of aromatic nitrogens is 3. The highest BCUT2D eigenvalue weighted by Crippen LogP contribution is 2.15. The molecule has 1 atom stereocenters. The van der Waals surface area contributed by atoms with Crippen LogP contribution in [0.3, 0.4) is 0 Å². The van der Waals surface area contributed by atoms with Crippen molar-refractivity contribution in [3.63, 3.8) is 0 Å². The monoisotopic (exact) mass is 298 g/mol. The number of hydrogen-bond acceptors (Lipinski definition) is 5. The molecule has 1 aliphatic rings. The molecule has 0 saturated carbocycles. The number of nitrogens with zero attached hydrogens (tertiary/aromatic N) is 4. The van der Waals surface area contributed by atoms with Crippen LogP contribution in [0.5, 0.6) is 0 Å². The maximum absolute atomic E-state index is 12.0. The Bertz CT molecular complexity index is 606. The molecular weight excluding hydrogens is 280 g/mol. The van der Waals surface area contributed by atoms with Crippen LogP contribution in [-0.2, 0) is 0 Å². The quantitative estimate of drug-likeness (QED) is 0.900. The molecule has 3 rings (SSSR count). The smallest absolute Gasteiger partial charge is 0.319 e. The first-order valence-corrected chi connectivity index (χ1v) is 7.31. The third kappa shape index (κ3) is 3.69. The molecule has 1 unspecified atom stereocenters. The number of rotatable bonds is 3. The highest BCUT2D eigenvalue weighted by Gasteiger charge is 2.22. The summed E-state index contributed by atoms with van der Waals surface area (Å²) in [7, 11) is 0. The first kappa shape index (κ1) is 14.2. The Morgan fingerprint density at radius 1 is 1.23 bits per heavy atom. The van der Waals surface area contributed by atoms with Crippen molar-refractivity contribution >= 4 is 17.7 Å². The molecule has 2 aromatic rings. The van der Waals surface area contributed by atoms with Gasteiger partial charge in [-0.15, -0.1) is 0 Å². The van der Waals surface area contributed by atoms with Crippen molar-refractivity contribution in [2.75, 3.05) is 23.3 Å². The predicted molar refractivity (Wildman–Crippen MR) is 83.7 cm³/mol. The molecule has 2 amide bonds. The van der Waals surface area contributed by atoms with Crippen LogP contribution in [0.4, 0.5) is 16.4 Å². The average Bonchev–Trinajstić information content (AvgIpc) is 2.57. The molecule has 0 radical (unpaired) electrons. The first-order valence-electron chi connectivity index (χ1n) is 7.31. The Morgan fingerprint density at radius 2 is 2.09 bits per heavy atom. The molecule has 2 N–H and O–H groups in total. The lowest BCUT2D eigenvalue weighted by atomic mass is 10.1. The normalized spacial score (nSPS) is 17.8. The fourth-order valence-electron chi connectivity index (χ4n) is 2.52. The van der Waals surface area contributed by atoms with Gasteiger partial charge in [-0.2, -0.15) is 0 Å². The molecule has 0 aliphatic carbocycles. The molecule has 22 heavy (non-hydrogen) atoms. The maximum Gasteiger partial charge on any atom is 0.319 e. The third-order valence-corrected chi connectivity index (χ3v) is 3.51. The Hall–Kier alpha value is -2.70. The van der Waals surface area contributed by atoms with E-state index in [9.17, 15) is 4.79 Å². The van der Waals surface area contributed by atoms with E-state index >= 15 is 0 Å². The molecule has 1 aliphatic heterocycles. The lowest BCUT2D eigenvalue weighted by molar-refractivity contribution is 0.246. The van der Waals surface area contributed by atoms with E-state index in [1.165, 1.54) is 0 Å². The summed E-state index contributed by atoms with van der Waals surface area (Å²) in [6, 6.07) is 5.25. The average molecular weight is 298 g/mol. The number of amides is 2. The molecule has 0 spiro atoms. The lowest BCUT2D eigenvalue weighted by Gasteiger charge is -2.33. The number of hydrogen-bond donors (Lipinski definition) is 2. The van der Waals surface area contributed by atoms with Crippen LogP contribution in [-0.4, -0.2) is 40.1 Å². The summed E-state index contributed by atoms with van der Waals surface area (Å²) >= 11 is 0. The van der Waals surface area contributed by atoms with Gasteiger partial charge in [-0.05, 0) is 31.0 Å². The van der Waals surface area contributed by atoms with Crippen LogP contribution < -0.4 is 15.5 Å². The summed E-state index contributed by atoms with van der Waals surface area (Å²) in [5, 5.41) is 5.77. The van der Waals surface area contributed by atoms with Crippen LogP contribution in [0, 0.1) is 0 Å². The molecule has 0 bridgehead atoms. The van der Waals surface area contributed by atoms with Crippen LogP contribution in [0.25, 0.3) is 0 Å². The van der Waals surface area contributed by atoms with E-state index in [0.717, 1.165) is 19.4 Å². The molecule has 3 heterocycles. The second-order valence-electron chi connectivity index (χ2n) is 5.17. The molecule has 2 aromatic heterocycles. The minimum atomic E-state index is -0.214. The van der Waals surface area contributed by atoms with Gasteiger partial charge in [0.1, 0.15) is 0 Å². The summed E-state index contributed by atoms with van der Waals surface area (Å²) in [5.74, 6) is 0.710. The second kappa shape index (κ2) is 6.84. The summed E-state index contributed by atoms with van der Waals surface area (Å²) in [6.45, 7) is 1.62. The van der Waals surface area contributed by atoms with E-state index in [1.54, 1.807) is 43.0 Å². The predicted octanol–water partition coefficient (Wildman–Crippen LogP) is 1.66. The van der Waals surface area contributed by atoms with E-state index in [0.29, 0.717) is 18.2 Å². The van der Waals surface area contributed by atoms with Gasteiger partial charge in [0.25, 0.3) is 0 Å². The van der Waals surface area contributed by atoms with Crippen LogP contribution >= 0.6 is 0 Å². The zero-order valence-corrected chi connectivity index (χ0v) is 12.1. The van der Waals surface area contributed by atoms with Gasteiger partial charge in [-0.25, -0.2) is 14.8 Å². The lowest BCUT2D eigenvalue weighted by Crippen LogP contribution is -2.49. The van der Waals surface area contributed by atoms with Crippen LogP contribution in [0.1, 0.15) is 12.8 Å². The number of piperidine rings is 1. The van der Waals surface area contributed by atoms with Gasteiger partial charge >= 0.3 is 6.03 Å². The van der Waals surface area contributed by atoms with E-state index in [2.05, 4.69) is 30.5 Å². The Kier molecular flexibility index (Phi) is 4.43. The number of pyridine rings is 1. The van der Waals surface area contributed by atoms with Crippen molar-refractivity contribution < 1.29 is 4.79 Å². The van der Waals surface area contributed by atoms with E-state index in [1.807, 2.05) is 0 Å². The van der Waals surface area contributed by atoms with Crippen LogP contribution in [0.15, 0.2) is 43.0 Å². The topological polar surface area (TPSA) is 83.0 Å². The summed E-state index contributed by atoms with van der Waals surface area (Å²) in [5.41, 5.74) is 0.680. The zero-order valence-electron chi connectivity index (χ0n) is 12.1. The third-order valence-electron chi connectivity index (χ3n) is 3.51. The molecule has 1 saturated heterocycles. The van der Waals surface area contributed by atoms with Crippen LogP contribution in [0.2, 0.25) is 0 Å². The first-order chi connectivity index (χ1) is 10.8. The van der Waals surface area contributed by atoms with Crippen molar-refractivity contribution in [1.82, 2.24) is 20.3 Å². The standard InChI is InChI=1S/C15H18N6O/c22-15(19-12-4-1-6-16-10-12)20-13-5-2-9-21(11-13)14-17-7-3-8-18-14/h1,3-4,6-8,10,13H,2,5,9,11H2,(H2,19,20,22). The van der Waals surface area contributed by atoms with E-state index in [-0.39, 0.29) is 12.1 Å². The highest BCUT2D eigenvalue weighted by molar-refractivity contribution is 5.89. The van der Waals surface area contributed by atoms with Gasteiger partial charge in [0.2, 0.25) is 5.95 Å². The Labute approximate surface area is 128 Å². The minimum absolute atomic E-state index is 0.0780. The van der Waals surface area contributed by atoms with Gasteiger partial charge in [0, 0.05) is 37.7 Å². The number of urea groups is 1. The van der Waals surface area contributed by atoms with Gasteiger partial charge in [0.15, 0.2) is 0 Å². The summed E-state index contributed by atoms with van der Waals surface area (Å²) in [4.78, 5) is 26.6. The molecule has 7 heteroatoms. The highest BCUT2D eigenvalue weighted by atomic mass is 16.2. The largest absolute Gasteiger partial charge is 0.339 e. The number of nitrogens with one attached hydrogen (secondary N) is 2. The van der Waals surface area contributed by atoms with Crippen molar-refractivity contribution in [1.29, 1.82) is 0 Å². The SMILES string of the molecule is O=C(Nc1cccnc1)NC1CCCN(c2ncccn2)C1. The van der Waals surface area contributed by atoms with E-state index < -0.39 is 0 Å². The number of anilines is 2. The molecule has 0 aromatic carbocycles. The van der Waals surface area contributed by atoms with Crippen molar-refractivity contribution in [2.24, 2.45) is 0 Å². The summed E-state index contributed by atoms with van der Waals surface area (Å²) < 4.78 is 0. The van der Waals surface area contributed by atoms with Gasteiger partial charge in [-0.1, -0.05) is 0 Å². The van der Waals surface area contributed by atoms with Crippen molar-refractivity contribution in [3.8, 4) is 0 Å². The van der Waals surface area contributed by atoms with Crippen molar-refractivity contribution in [2.45, 2.75) is 18.9 Å². The van der Waals surface area contributed by atoms with Gasteiger partial charge in [0.05, 0.1) is 11.9 Å². The number of carbonyl (C=O) groups is 1. The fraction of sp³-hybridized carbons (Fsp3) is 0.333. The Balaban J connectivity index is 1.55. The molecule has 1 fully saturated rings. The molecular formula is C15H18N6O. The maximum atomic E-state index is 12.0. The molecule has 7 nitrogen and oxygen atoms in total. The number of carbonyl (C=O) groups excluding carboxylic acids is 1. The summed E-state index contributed by atoms with van der Waals surface area (Å²) in [6.07, 6.45) is 8.69. The van der Waals surface area contributed by atoms with Gasteiger partial charge < -0.3 is 15.5 Å². The van der Waals surface area contributed by atoms with E-state index in [4.69, 9.17) is 0 Å². The van der Waals surface area contributed by atoms with Gasteiger partial charge in [-0.3, -0.25) is 4.98 Å². The second-order valence-corrected chi connectivity index (χ2v) is 5.17. The Morgan fingerprint density at radius 3 is 2.86 bits per heavy atom. The van der Waals surface area contributed by atoms with Crippen molar-refractivity contribution in [3.05, 3.63) is 43.0 Å². The zero-order chi connectivity index (χ0) is 15.2. The fourth-order valence-corrected chi connectivity index (χ4v) is 2.52.